The van der Waals surface area contributed by atoms with Crippen molar-refractivity contribution in [3.05, 3.63) is 52.0 Å². The normalized spacial score (nSPS) is 15.8. The average Bonchev–Trinajstić information content (AvgIpc) is 3.14. The highest BCUT2D eigenvalue weighted by Gasteiger charge is 2.19. The third-order valence-electron chi connectivity index (χ3n) is 4.76. The van der Waals surface area contributed by atoms with Crippen LogP contribution in [0.1, 0.15) is 5.56 Å². The first-order valence-electron chi connectivity index (χ1n) is 8.97. The van der Waals surface area contributed by atoms with Crippen molar-refractivity contribution in [1.29, 1.82) is 0 Å². The van der Waals surface area contributed by atoms with Crippen LogP contribution in [-0.4, -0.2) is 57.2 Å². The van der Waals surface area contributed by atoms with Gasteiger partial charge in [0.25, 0.3) is 0 Å². The lowest BCUT2D eigenvalue weighted by Crippen LogP contribution is -2.48. The van der Waals surface area contributed by atoms with Crippen LogP contribution >= 0.6 is 34.9 Å². The van der Waals surface area contributed by atoms with Gasteiger partial charge in [-0.25, -0.2) is 0 Å². The van der Waals surface area contributed by atoms with Crippen LogP contribution in [0.25, 0.3) is 11.0 Å². The van der Waals surface area contributed by atoms with E-state index in [2.05, 4.69) is 23.9 Å². The Morgan fingerprint density at radius 2 is 1.71 bits per heavy atom. The van der Waals surface area contributed by atoms with E-state index in [1.807, 2.05) is 36.4 Å². The molecule has 1 aliphatic heterocycles. The first kappa shape index (κ1) is 19.5. The van der Waals surface area contributed by atoms with Gasteiger partial charge in [-0.2, -0.15) is 8.75 Å². The highest BCUT2D eigenvalue weighted by molar-refractivity contribution is 7.00. The van der Waals surface area contributed by atoms with E-state index < -0.39 is 0 Å². The Balaban J connectivity index is 1.25. The highest BCUT2D eigenvalue weighted by Crippen LogP contribution is 2.23. The minimum Gasteiger partial charge on any atom is -0.325 e. The van der Waals surface area contributed by atoms with Gasteiger partial charge in [0, 0.05) is 38.4 Å². The second kappa shape index (κ2) is 8.71. The fourth-order valence-electron chi connectivity index (χ4n) is 3.27. The van der Waals surface area contributed by atoms with E-state index in [9.17, 15) is 4.79 Å². The van der Waals surface area contributed by atoms with E-state index in [1.165, 1.54) is 11.7 Å². The summed E-state index contributed by atoms with van der Waals surface area (Å²) in [4.78, 5) is 16.9. The maximum atomic E-state index is 12.4. The first-order valence-corrected chi connectivity index (χ1v) is 10.5. The molecule has 0 bridgehead atoms. The Morgan fingerprint density at radius 3 is 2.50 bits per heavy atom. The van der Waals surface area contributed by atoms with Crippen molar-refractivity contribution in [3.63, 3.8) is 0 Å². The van der Waals surface area contributed by atoms with Crippen LogP contribution in [0.3, 0.4) is 0 Å². The lowest BCUT2D eigenvalue weighted by molar-refractivity contribution is -0.117. The quantitative estimate of drug-likeness (QED) is 0.660. The molecule has 0 spiro atoms. The molecule has 0 atom stereocenters. The molecule has 146 valence electrons. The number of nitrogens with one attached hydrogen (secondary N) is 1. The molecule has 1 aliphatic rings. The van der Waals surface area contributed by atoms with Gasteiger partial charge in [-0.05, 0) is 35.9 Å². The molecule has 2 heterocycles. The molecule has 0 aliphatic carbocycles. The second-order valence-corrected chi connectivity index (χ2v) is 8.16. The smallest absolute Gasteiger partial charge is 0.238 e. The molecule has 1 amide bonds. The maximum Gasteiger partial charge on any atom is 0.238 e. The molecule has 6 nitrogen and oxygen atoms in total. The van der Waals surface area contributed by atoms with Crippen LogP contribution in [0.5, 0.6) is 0 Å². The van der Waals surface area contributed by atoms with E-state index >= 15 is 0 Å². The van der Waals surface area contributed by atoms with Crippen molar-refractivity contribution in [2.45, 2.75) is 6.54 Å². The standard InChI is InChI=1S/C19H19Cl2N5OS/c20-15-3-1-13(9-16(15)21)11-25-5-7-26(8-6-25)12-19(27)22-14-2-4-17-18(10-14)24-28-23-17/h1-4,9-10H,5-8,11-12H2,(H,22,27). The van der Waals surface area contributed by atoms with Gasteiger partial charge in [0.05, 0.1) is 28.3 Å². The van der Waals surface area contributed by atoms with E-state index in [1.54, 1.807) is 0 Å². The SMILES string of the molecule is O=C(CN1CCN(Cc2ccc(Cl)c(Cl)c2)CC1)Nc1ccc2nsnc2c1. The largest absolute Gasteiger partial charge is 0.325 e. The minimum atomic E-state index is -0.0135. The number of hydrogen-bond acceptors (Lipinski definition) is 6. The summed E-state index contributed by atoms with van der Waals surface area (Å²) in [6.07, 6.45) is 0. The number of rotatable bonds is 5. The Hall–Kier alpha value is -1.77. The number of piperazine rings is 1. The number of halogens is 2. The summed E-state index contributed by atoms with van der Waals surface area (Å²) in [5, 5.41) is 4.11. The molecule has 0 unspecified atom stereocenters. The summed E-state index contributed by atoms with van der Waals surface area (Å²) in [5.41, 5.74) is 3.55. The molecule has 1 N–H and O–H groups in total. The van der Waals surface area contributed by atoms with Crippen LogP contribution in [0.2, 0.25) is 10.0 Å². The number of anilines is 1. The number of nitrogens with zero attached hydrogens (tertiary/aromatic N) is 4. The van der Waals surface area contributed by atoms with E-state index in [4.69, 9.17) is 23.2 Å². The lowest BCUT2D eigenvalue weighted by atomic mass is 10.2. The number of aromatic nitrogens is 2. The molecule has 28 heavy (non-hydrogen) atoms. The van der Waals surface area contributed by atoms with Crippen molar-refractivity contribution >= 4 is 57.6 Å². The van der Waals surface area contributed by atoms with Crippen LogP contribution in [-0.2, 0) is 11.3 Å². The molecular formula is C19H19Cl2N5OS. The Kier molecular flexibility index (Phi) is 6.08. The van der Waals surface area contributed by atoms with Crippen LogP contribution in [0.4, 0.5) is 5.69 Å². The monoisotopic (exact) mass is 435 g/mol. The number of carbonyl (C=O) groups is 1. The van der Waals surface area contributed by atoms with Crippen LogP contribution in [0, 0.1) is 0 Å². The second-order valence-electron chi connectivity index (χ2n) is 6.82. The third kappa shape index (κ3) is 4.79. The van der Waals surface area contributed by atoms with Crippen molar-refractivity contribution in [3.8, 4) is 0 Å². The Morgan fingerprint density at radius 1 is 0.964 bits per heavy atom. The van der Waals surface area contributed by atoms with Crippen LogP contribution < -0.4 is 5.32 Å². The Labute approximate surface area is 177 Å². The van der Waals surface area contributed by atoms with Gasteiger partial charge >= 0.3 is 0 Å². The van der Waals surface area contributed by atoms with Crippen molar-refractivity contribution in [2.75, 3.05) is 38.0 Å². The molecular weight excluding hydrogens is 417 g/mol. The molecule has 4 rings (SSSR count). The van der Waals surface area contributed by atoms with Gasteiger partial charge in [-0.15, -0.1) is 0 Å². The molecule has 3 aromatic rings. The van der Waals surface area contributed by atoms with Gasteiger partial charge in [-0.3, -0.25) is 14.6 Å². The summed E-state index contributed by atoms with van der Waals surface area (Å²) in [6.45, 7) is 4.73. The summed E-state index contributed by atoms with van der Waals surface area (Å²) in [6, 6.07) is 11.3. The third-order valence-corrected chi connectivity index (χ3v) is 6.06. The van der Waals surface area contributed by atoms with E-state index in [0.717, 1.165) is 55.0 Å². The van der Waals surface area contributed by atoms with E-state index in [0.29, 0.717) is 16.6 Å². The van der Waals surface area contributed by atoms with Crippen molar-refractivity contribution in [1.82, 2.24) is 18.5 Å². The molecule has 1 saturated heterocycles. The molecule has 9 heteroatoms. The van der Waals surface area contributed by atoms with E-state index in [-0.39, 0.29) is 5.91 Å². The number of benzene rings is 2. The first-order chi connectivity index (χ1) is 13.6. The summed E-state index contributed by atoms with van der Waals surface area (Å²) in [5.74, 6) is -0.0135. The number of carbonyl (C=O) groups excluding carboxylic acids is 1. The topological polar surface area (TPSA) is 61.4 Å². The zero-order valence-corrected chi connectivity index (χ0v) is 17.4. The summed E-state index contributed by atoms with van der Waals surface area (Å²) in [7, 11) is 0. The van der Waals surface area contributed by atoms with Gasteiger partial charge in [0.15, 0.2) is 0 Å². The fourth-order valence-corrected chi connectivity index (χ4v) is 4.10. The van der Waals surface area contributed by atoms with Gasteiger partial charge in [-0.1, -0.05) is 29.3 Å². The minimum absolute atomic E-state index is 0.0135. The molecule has 1 aromatic heterocycles. The fraction of sp³-hybridized carbons (Fsp3) is 0.316. The zero-order valence-electron chi connectivity index (χ0n) is 15.1. The van der Waals surface area contributed by atoms with Crippen molar-refractivity contribution < 1.29 is 4.79 Å². The average molecular weight is 436 g/mol. The maximum absolute atomic E-state index is 12.4. The molecule has 1 fully saturated rings. The number of hydrogen-bond donors (Lipinski definition) is 1. The molecule has 2 aromatic carbocycles. The lowest BCUT2D eigenvalue weighted by Gasteiger charge is -2.34. The number of amides is 1. The molecule has 0 saturated carbocycles. The highest BCUT2D eigenvalue weighted by atomic mass is 35.5. The van der Waals surface area contributed by atoms with Gasteiger partial charge in [0.2, 0.25) is 5.91 Å². The predicted octanol–water partition coefficient (Wildman–Crippen LogP) is 3.75. The summed E-state index contributed by atoms with van der Waals surface area (Å²) < 4.78 is 8.37. The zero-order chi connectivity index (χ0) is 19.5. The predicted molar refractivity (Wildman–Crippen MR) is 114 cm³/mol. The summed E-state index contributed by atoms with van der Waals surface area (Å²) >= 11 is 13.2. The molecule has 0 radical (unpaired) electrons. The van der Waals surface area contributed by atoms with Crippen LogP contribution in [0.15, 0.2) is 36.4 Å². The van der Waals surface area contributed by atoms with Gasteiger partial charge in [0.1, 0.15) is 11.0 Å². The number of fused-ring (bicyclic) bond motifs is 1. The van der Waals surface area contributed by atoms with Crippen molar-refractivity contribution in [2.24, 2.45) is 0 Å². The Bertz CT molecular complexity index is 987. The van der Waals surface area contributed by atoms with Gasteiger partial charge < -0.3 is 5.32 Å².